The highest BCUT2D eigenvalue weighted by molar-refractivity contribution is 6.05. The minimum absolute atomic E-state index is 0.117. The Bertz CT molecular complexity index is 1370. The number of nitrogen functional groups attached to an aromatic ring is 1. The van der Waals surface area contributed by atoms with Crippen LogP contribution in [-0.2, 0) is 16.0 Å². The zero-order valence-corrected chi connectivity index (χ0v) is 24.0. The second-order valence-electron chi connectivity index (χ2n) is 10.8. The first-order valence-electron chi connectivity index (χ1n) is 14.7. The SMILES string of the molecule is Nc1ccccc1NC(=O)c1ccc(CN(CCCN2CCCC2)C(=O)N=C2COC=C(CC3=CC=CCC3)O2)cc1. The van der Waals surface area contributed by atoms with Crippen molar-refractivity contribution in [3.05, 3.63) is 95.5 Å². The maximum absolute atomic E-state index is 13.4. The first-order chi connectivity index (χ1) is 20.5. The Labute approximate surface area is 247 Å². The van der Waals surface area contributed by atoms with Gasteiger partial charge in [0.1, 0.15) is 12.0 Å². The zero-order valence-electron chi connectivity index (χ0n) is 24.0. The van der Waals surface area contributed by atoms with E-state index in [0.29, 0.717) is 42.2 Å². The lowest BCUT2D eigenvalue weighted by Crippen LogP contribution is -2.33. The Kier molecular flexibility index (Phi) is 10.1. The van der Waals surface area contributed by atoms with Crippen molar-refractivity contribution >= 4 is 29.2 Å². The number of amides is 3. The Balaban J connectivity index is 1.23. The molecule has 2 aliphatic heterocycles. The highest BCUT2D eigenvalue weighted by Gasteiger charge is 2.20. The number of carbonyl (C=O) groups excluding carboxylic acids is 2. The molecular formula is C33H39N5O4. The fraction of sp³-hybridized carbons (Fsp3) is 0.364. The lowest BCUT2D eigenvalue weighted by atomic mass is 10.0. The lowest BCUT2D eigenvalue weighted by molar-refractivity contribution is 0.102. The Morgan fingerprint density at radius 1 is 1.07 bits per heavy atom. The van der Waals surface area contributed by atoms with Crippen LogP contribution in [0.25, 0.3) is 0 Å². The molecule has 9 nitrogen and oxygen atoms in total. The highest BCUT2D eigenvalue weighted by atomic mass is 16.6. The molecule has 0 bridgehead atoms. The standard InChI is InChI=1S/C33H39N5O4/c34-29-11-4-5-12-30(29)35-32(39)27-15-13-26(14-16-27)22-38(20-8-19-37-17-6-7-18-37)33(40)36-31-24-41-23-28(42-31)21-25-9-2-1-3-10-25/h1-2,4-5,9,11-16,23H,3,6-8,10,17-22,24,34H2,(H,35,39). The predicted octanol–water partition coefficient (Wildman–Crippen LogP) is 5.88. The molecule has 1 saturated heterocycles. The fourth-order valence-electron chi connectivity index (χ4n) is 5.27. The van der Waals surface area contributed by atoms with Gasteiger partial charge in [-0.25, -0.2) is 4.79 Å². The van der Waals surface area contributed by atoms with Crippen LogP contribution in [0.1, 0.15) is 54.4 Å². The summed E-state index contributed by atoms with van der Waals surface area (Å²) < 4.78 is 11.5. The molecule has 0 radical (unpaired) electrons. The molecule has 0 atom stereocenters. The van der Waals surface area contributed by atoms with Gasteiger partial charge in [0.25, 0.3) is 5.91 Å². The second-order valence-corrected chi connectivity index (χ2v) is 10.8. The Morgan fingerprint density at radius 3 is 2.64 bits per heavy atom. The number of nitrogens with two attached hydrogens (primary N) is 1. The van der Waals surface area contributed by atoms with Crippen LogP contribution in [0.5, 0.6) is 0 Å². The van der Waals surface area contributed by atoms with E-state index in [1.54, 1.807) is 35.4 Å². The third-order valence-corrected chi connectivity index (χ3v) is 7.56. The van der Waals surface area contributed by atoms with Crippen molar-refractivity contribution in [2.45, 2.75) is 45.1 Å². The van der Waals surface area contributed by atoms with Gasteiger partial charge in [0.2, 0.25) is 5.90 Å². The molecule has 3 amide bonds. The number of carbonyl (C=O) groups is 2. The largest absolute Gasteiger partial charge is 0.488 e. The molecule has 2 heterocycles. The molecule has 42 heavy (non-hydrogen) atoms. The smallest absolute Gasteiger partial charge is 0.346 e. The number of nitrogens with one attached hydrogen (secondary N) is 1. The van der Waals surface area contributed by atoms with Crippen molar-refractivity contribution < 1.29 is 19.1 Å². The molecule has 5 rings (SSSR count). The summed E-state index contributed by atoms with van der Waals surface area (Å²) in [5.74, 6) is 0.671. The number of nitrogens with zero attached hydrogens (tertiary/aromatic N) is 3. The zero-order chi connectivity index (χ0) is 29.1. The number of hydrogen-bond acceptors (Lipinski definition) is 6. The van der Waals surface area contributed by atoms with Gasteiger partial charge in [0, 0.05) is 25.1 Å². The van der Waals surface area contributed by atoms with Crippen LogP contribution in [-0.4, -0.2) is 60.4 Å². The van der Waals surface area contributed by atoms with Gasteiger partial charge in [0.05, 0.1) is 11.4 Å². The van der Waals surface area contributed by atoms with Crippen molar-refractivity contribution in [1.82, 2.24) is 9.80 Å². The monoisotopic (exact) mass is 569 g/mol. The minimum Gasteiger partial charge on any atom is -0.488 e. The molecular weight excluding hydrogens is 530 g/mol. The summed E-state index contributed by atoms with van der Waals surface area (Å²) in [6.45, 7) is 4.21. The normalized spacial score (nSPS) is 17.7. The van der Waals surface area contributed by atoms with Crippen molar-refractivity contribution in [3.8, 4) is 0 Å². The summed E-state index contributed by atoms with van der Waals surface area (Å²) in [4.78, 5) is 34.7. The summed E-state index contributed by atoms with van der Waals surface area (Å²) >= 11 is 0. The van der Waals surface area contributed by atoms with Crippen LogP contribution in [0.4, 0.5) is 16.2 Å². The Hall–Kier alpha value is -4.37. The van der Waals surface area contributed by atoms with E-state index < -0.39 is 0 Å². The van der Waals surface area contributed by atoms with Gasteiger partial charge in [-0.1, -0.05) is 48.1 Å². The molecule has 3 N–H and O–H groups in total. The number of likely N-dealkylation sites (tertiary alicyclic amines) is 1. The number of aliphatic imine (C=N–C) groups is 1. The summed E-state index contributed by atoms with van der Waals surface area (Å²) in [5, 5.41) is 2.85. The number of rotatable bonds is 10. The van der Waals surface area contributed by atoms with Crippen LogP contribution in [0.15, 0.2) is 89.3 Å². The topological polar surface area (TPSA) is 109 Å². The number of urea groups is 1. The molecule has 1 fully saturated rings. The van der Waals surface area contributed by atoms with E-state index in [1.807, 2.05) is 24.3 Å². The van der Waals surface area contributed by atoms with Gasteiger partial charge in [-0.3, -0.25) is 4.79 Å². The first kappa shape index (κ1) is 29.1. The maximum Gasteiger partial charge on any atom is 0.346 e. The van der Waals surface area contributed by atoms with Crippen LogP contribution in [0.2, 0.25) is 0 Å². The average Bonchev–Trinajstić information content (AvgIpc) is 3.52. The van der Waals surface area contributed by atoms with Gasteiger partial charge in [-0.2, -0.15) is 4.99 Å². The van der Waals surface area contributed by atoms with Crippen LogP contribution in [0.3, 0.4) is 0 Å². The van der Waals surface area contributed by atoms with Gasteiger partial charge in [-0.05, 0) is 81.6 Å². The van der Waals surface area contributed by atoms with Crippen molar-refractivity contribution in [1.29, 1.82) is 0 Å². The van der Waals surface area contributed by atoms with E-state index in [4.69, 9.17) is 15.2 Å². The summed E-state index contributed by atoms with van der Waals surface area (Å²) in [7, 11) is 0. The van der Waals surface area contributed by atoms with Crippen molar-refractivity contribution in [3.63, 3.8) is 0 Å². The minimum atomic E-state index is -0.363. The van der Waals surface area contributed by atoms with E-state index in [1.165, 1.54) is 18.4 Å². The van der Waals surface area contributed by atoms with E-state index >= 15 is 0 Å². The third kappa shape index (κ3) is 8.33. The predicted molar refractivity (Wildman–Crippen MR) is 165 cm³/mol. The molecule has 9 heteroatoms. The van der Waals surface area contributed by atoms with Crippen molar-refractivity contribution in [2.75, 3.05) is 43.8 Å². The molecule has 220 valence electrons. The molecule has 1 aliphatic carbocycles. The number of para-hydroxylation sites is 2. The summed E-state index contributed by atoms with van der Waals surface area (Å²) in [6, 6.07) is 14.0. The van der Waals surface area contributed by atoms with E-state index in [0.717, 1.165) is 44.5 Å². The summed E-state index contributed by atoms with van der Waals surface area (Å²) in [5.41, 5.74) is 9.70. The maximum atomic E-state index is 13.4. The number of anilines is 2. The molecule has 2 aromatic rings. The lowest BCUT2D eigenvalue weighted by Gasteiger charge is -2.24. The van der Waals surface area contributed by atoms with Gasteiger partial charge in [0.15, 0.2) is 6.61 Å². The molecule has 0 unspecified atom stereocenters. The average molecular weight is 570 g/mol. The molecule has 0 saturated carbocycles. The number of benzene rings is 2. The molecule has 0 aromatic heterocycles. The van der Waals surface area contributed by atoms with Crippen molar-refractivity contribution in [2.24, 2.45) is 4.99 Å². The quantitative estimate of drug-likeness (QED) is 0.346. The van der Waals surface area contributed by atoms with Crippen LogP contribution < -0.4 is 11.1 Å². The van der Waals surface area contributed by atoms with E-state index in [9.17, 15) is 9.59 Å². The van der Waals surface area contributed by atoms with Crippen LogP contribution >= 0.6 is 0 Å². The third-order valence-electron chi connectivity index (χ3n) is 7.56. The number of ether oxygens (including phenoxy) is 2. The van der Waals surface area contributed by atoms with Gasteiger partial charge < -0.3 is 30.3 Å². The van der Waals surface area contributed by atoms with E-state index in [-0.39, 0.29) is 24.4 Å². The Morgan fingerprint density at radius 2 is 1.88 bits per heavy atom. The van der Waals surface area contributed by atoms with Crippen LogP contribution in [0, 0.1) is 0 Å². The first-order valence-corrected chi connectivity index (χ1v) is 14.7. The second kappa shape index (κ2) is 14.5. The number of hydrogen-bond donors (Lipinski definition) is 2. The van der Waals surface area contributed by atoms with Gasteiger partial charge >= 0.3 is 6.03 Å². The number of allylic oxidation sites excluding steroid dienone is 4. The fourth-order valence-corrected chi connectivity index (χ4v) is 5.27. The molecule has 3 aliphatic rings. The van der Waals surface area contributed by atoms with Gasteiger partial charge in [-0.15, -0.1) is 0 Å². The van der Waals surface area contributed by atoms with E-state index in [2.05, 4.69) is 33.4 Å². The molecule has 0 spiro atoms. The summed E-state index contributed by atoms with van der Waals surface area (Å²) in [6.07, 6.45) is 13.8. The highest BCUT2D eigenvalue weighted by Crippen LogP contribution is 2.23. The molecule has 2 aromatic carbocycles.